The third-order valence-corrected chi connectivity index (χ3v) is 3.76. The maximum absolute atomic E-state index is 12.0. The zero-order valence-electron chi connectivity index (χ0n) is 11.3. The zero-order valence-corrected chi connectivity index (χ0v) is 12.0. The quantitative estimate of drug-likeness (QED) is 0.627. The van der Waals surface area contributed by atoms with Gasteiger partial charge in [-0.05, 0) is 43.5 Å². The van der Waals surface area contributed by atoms with E-state index >= 15 is 0 Å². The van der Waals surface area contributed by atoms with Gasteiger partial charge in [-0.1, -0.05) is 0 Å². The van der Waals surface area contributed by atoms with Crippen LogP contribution in [0.5, 0.6) is 0 Å². The molecule has 1 amide bonds. The number of hydrogen-bond donors (Lipinski definition) is 0. The lowest BCUT2D eigenvalue weighted by atomic mass is 10.0. The summed E-state index contributed by atoms with van der Waals surface area (Å²) < 4.78 is 0. The number of Topliss-reactive ketones (excluding diaryl/α,β-unsaturated/α-hetero) is 1. The summed E-state index contributed by atoms with van der Waals surface area (Å²) in [5.74, 6) is 0.677. The molecule has 0 spiro atoms. The second kappa shape index (κ2) is 5.74. The summed E-state index contributed by atoms with van der Waals surface area (Å²) in [4.78, 5) is 25.4. The Hall–Kier alpha value is -1.35. The van der Waals surface area contributed by atoms with Gasteiger partial charge in [0.05, 0.1) is 0 Å². The molecule has 3 nitrogen and oxygen atoms in total. The fourth-order valence-electron chi connectivity index (χ4n) is 2.66. The SMILES string of the molecule is CC(=O)N1c2ccc(C(=O)CCCCl)cc2CC1C. The number of alkyl halides is 1. The van der Waals surface area contributed by atoms with Crippen LogP contribution >= 0.6 is 11.6 Å². The highest BCUT2D eigenvalue weighted by Gasteiger charge is 2.29. The first kappa shape index (κ1) is 14.1. The number of amides is 1. The van der Waals surface area contributed by atoms with Gasteiger partial charge in [-0.3, -0.25) is 9.59 Å². The van der Waals surface area contributed by atoms with Gasteiger partial charge in [0.25, 0.3) is 0 Å². The summed E-state index contributed by atoms with van der Waals surface area (Å²) in [6.07, 6.45) is 1.99. The molecule has 0 saturated carbocycles. The van der Waals surface area contributed by atoms with Gasteiger partial charge in [0.2, 0.25) is 5.91 Å². The predicted octanol–water partition coefficient (Wildman–Crippen LogP) is 3.19. The molecule has 0 radical (unpaired) electrons. The molecular weight excluding hydrogens is 262 g/mol. The molecule has 0 fully saturated rings. The number of halogens is 1. The fourth-order valence-corrected chi connectivity index (χ4v) is 2.79. The topological polar surface area (TPSA) is 37.4 Å². The van der Waals surface area contributed by atoms with E-state index < -0.39 is 0 Å². The molecule has 1 aromatic rings. The molecule has 1 aliphatic rings. The van der Waals surface area contributed by atoms with Crippen molar-refractivity contribution in [1.82, 2.24) is 0 Å². The largest absolute Gasteiger partial charge is 0.309 e. The van der Waals surface area contributed by atoms with Crippen LogP contribution < -0.4 is 4.90 Å². The number of nitrogens with zero attached hydrogens (tertiary/aromatic N) is 1. The fraction of sp³-hybridized carbons (Fsp3) is 0.467. The monoisotopic (exact) mass is 279 g/mol. The first-order valence-electron chi connectivity index (χ1n) is 6.56. The van der Waals surface area contributed by atoms with Gasteiger partial charge >= 0.3 is 0 Å². The van der Waals surface area contributed by atoms with Gasteiger partial charge in [-0.25, -0.2) is 0 Å². The zero-order chi connectivity index (χ0) is 14.0. The van der Waals surface area contributed by atoms with E-state index in [4.69, 9.17) is 11.6 Å². The molecule has 2 rings (SSSR count). The normalized spacial score (nSPS) is 17.4. The van der Waals surface area contributed by atoms with E-state index in [9.17, 15) is 9.59 Å². The molecule has 1 heterocycles. The summed E-state index contributed by atoms with van der Waals surface area (Å²) in [6, 6.07) is 5.78. The molecule has 0 bridgehead atoms. The Kier molecular flexibility index (Phi) is 4.25. The molecule has 0 saturated heterocycles. The van der Waals surface area contributed by atoms with Crippen LogP contribution in [-0.2, 0) is 11.2 Å². The van der Waals surface area contributed by atoms with Crippen molar-refractivity contribution in [3.63, 3.8) is 0 Å². The van der Waals surface area contributed by atoms with Crippen molar-refractivity contribution in [3.8, 4) is 0 Å². The Balaban J connectivity index is 2.24. The van der Waals surface area contributed by atoms with Gasteiger partial charge in [0, 0.05) is 36.5 Å². The minimum atomic E-state index is 0.0486. The van der Waals surface area contributed by atoms with Crippen LogP contribution in [-0.4, -0.2) is 23.6 Å². The van der Waals surface area contributed by atoms with E-state index in [1.54, 1.807) is 11.8 Å². The summed E-state index contributed by atoms with van der Waals surface area (Å²) >= 11 is 5.60. The molecule has 1 aromatic carbocycles. The average molecular weight is 280 g/mol. The number of rotatable bonds is 4. The van der Waals surface area contributed by atoms with Gasteiger partial charge in [0.15, 0.2) is 5.78 Å². The Bertz CT molecular complexity index is 513. The highest BCUT2D eigenvalue weighted by Crippen LogP contribution is 2.33. The highest BCUT2D eigenvalue weighted by atomic mass is 35.5. The summed E-state index contributed by atoms with van der Waals surface area (Å²) in [7, 11) is 0. The maximum atomic E-state index is 12.0. The number of ketones is 1. The van der Waals surface area contributed by atoms with Crippen molar-refractivity contribution in [2.24, 2.45) is 0 Å². The van der Waals surface area contributed by atoms with Crippen molar-refractivity contribution >= 4 is 29.0 Å². The molecular formula is C15H18ClNO2. The highest BCUT2D eigenvalue weighted by molar-refractivity contribution is 6.18. The Morgan fingerprint density at radius 2 is 2.16 bits per heavy atom. The Morgan fingerprint density at radius 3 is 2.79 bits per heavy atom. The van der Waals surface area contributed by atoms with Crippen LogP contribution in [0.3, 0.4) is 0 Å². The third-order valence-electron chi connectivity index (χ3n) is 3.49. The molecule has 0 aromatic heterocycles. The molecule has 0 N–H and O–H groups in total. The van der Waals surface area contributed by atoms with Crippen LogP contribution in [0, 0.1) is 0 Å². The van der Waals surface area contributed by atoms with Gasteiger partial charge in [0.1, 0.15) is 0 Å². The van der Waals surface area contributed by atoms with Gasteiger partial charge in [-0.15, -0.1) is 11.6 Å². The van der Waals surface area contributed by atoms with Crippen molar-refractivity contribution in [2.45, 2.75) is 39.2 Å². The lowest BCUT2D eigenvalue weighted by Gasteiger charge is -2.20. The first-order chi connectivity index (χ1) is 9.04. The van der Waals surface area contributed by atoms with E-state index in [-0.39, 0.29) is 17.7 Å². The summed E-state index contributed by atoms with van der Waals surface area (Å²) in [6.45, 7) is 3.60. The second-order valence-corrected chi connectivity index (χ2v) is 5.38. The summed E-state index contributed by atoms with van der Waals surface area (Å²) in [5, 5.41) is 0. The first-order valence-corrected chi connectivity index (χ1v) is 7.10. The number of benzene rings is 1. The van der Waals surface area contributed by atoms with Gasteiger partial charge < -0.3 is 4.90 Å². The van der Waals surface area contributed by atoms with Crippen molar-refractivity contribution in [1.29, 1.82) is 0 Å². The number of carbonyl (C=O) groups is 2. The number of fused-ring (bicyclic) bond motifs is 1. The van der Waals surface area contributed by atoms with Crippen LogP contribution in [0.25, 0.3) is 0 Å². The average Bonchev–Trinajstić information content (AvgIpc) is 2.70. The molecule has 19 heavy (non-hydrogen) atoms. The minimum absolute atomic E-state index is 0.0486. The van der Waals surface area contributed by atoms with E-state index in [1.165, 1.54) is 0 Å². The second-order valence-electron chi connectivity index (χ2n) is 5.00. The Labute approximate surface area is 118 Å². The number of hydrogen-bond acceptors (Lipinski definition) is 2. The lowest BCUT2D eigenvalue weighted by Crippen LogP contribution is -2.33. The van der Waals surface area contributed by atoms with E-state index in [2.05, 4.69) is 0 Å². The smallest absolute Gasteiger partial charge is 0.224 e. The number of carbonyl (C=O) groups excluding carboxylic acids is 2. The molecule has 4 heteroatoms. The minimum Gasteiger partial charge on any atom is -0.309 e. The van der Waals surface area contributed by atoms with Crippen LogP contribution in [0.1, 0.15) is 42.6 Å². The number of anilines is 1. The van der Waals surface area contributed by atoms with Crippen LogP contribution in [0.2, 0.25) is 0 Å². The van der Waals surface area contributed by atoms with Crippen molar-refractivity contribution in [3.05, 3.63) is 29.3 Å². The summed E-state index contributed by atoms with van der Waals surface area (Å²) in [5.41, 5.74) is 2.75. The van der Waals surface area contributed by atoms with E-state index in [0.29, 0.717) is 18.7 Å². The lowest BCUT2D eigenvalue weighted by molar-refractivity contribution is -0.116. The van der Waals surface area contributed by atoms with Crippen molar-refractivity contribution in [2.75, 3.05) is 10.8 Å². The van der Waals surface area contributed by atoms with Crippen LogP contribution in [0.15, 0.2) is 18.2 Å². The molecule has 102 valence electrons. The molecule has 0 aliphatic carbocycles. The van der Waals surface area contributed by atoms with Crippen molar-refractivity contribution < 1.29 is 9.59 Å². The maximum Gasteiger partial charge on any atom is 0.224 e. The Morgan fingerprint density at radius 1 is 1.42 bits per heavy atom. The van der Waals surface area contributed by atoms with E-state index in [0.717, 1.165) is 23.2 Å². The standard InChI is InChI=1S/C15H18ClNO2/c1-10-8-13-9-12(15(19)4-3-7-16)5-6-14(13)17(10)11(2)18/h5-6,9-10H,3-4,7-8H2,1-2H3. The third kappa shape index (κ3) is 2.81. The molecule has 1 atom stereocenters. The molecule has 1 aliphatic heterocycles. The van der Waals surface area contributed by atoms with E-state index in [1.807, 2.05) is 25.1 Å². The predicted molar refractivity (Wildman–Crippen MR) is 77.1 cm³/mol. The van der Waals surface area contributed by atoms with Crippen LogP contribution in [0.4, 0.5) is 5.69 Å². The van der Waals surface area contributed by atoms with Gasteiger partial charge in [-0.2, -0.15) is 0 Å². The molecule has 1 unspecified atom stereocenters.